The summed E-state index contributed by atoms with van der Waals surface area (Å²) >= 11 is 0. The van der Waals surface area contributed by atoms with Crippen LogP contribution in [0.5, 0.6) is 0 Å². The van der Waals surface area contributed by atoms with Crippen LogP contribution in [0.1, 0.15) is 12.8 Å². The second kappa shape index (κ2) is 4.08. The minimum Gasteiger partial charge on any atom is -0.481 e. The summed E-state index contributed by atoms with van der Waals surface area (Å²) < 4.78 is 0. The van der Waals surface area contributed by atoms with Crippen LogP contribution in [-0.2, 0) is 4.79 Å². The maximum atomic E-state index is 10.8. The van der Waals surface area contributed by atoms with Gasteiger partial charge in [-0.1, -0.05) is 0 Å². The van der Waals surface area contributed by atoms with Gasteiger partial charge in [-0.3, -0.25) is 9.69 Å². The lowest BCUT2D eigenvalue weighted by molar-refractivity contribution is -0.141. The molecule has 15 heavy (non-hydrogen) atoms. The number of carboxylic acid groups (broad SMARTS) is 1. The van der Waals surface area contributed by atoms with Gasteiger partial charge in [0.25, 0.3) is 0 Å². The molecule has 0 amide bonds. The number of nitrogens with zero attached hydrogens (tertiary/aromatic N) is 1. The lowest BCUT2D eigenvalue weighted by atomic mass is 9.86. The van der Waals surface area contributed by atoms with E-state index in [9.17, 15) is 4.79 Å². The molecule has 0 aromatic carbocycles. The third-order valence-corrected chi connectivity index (χ3v) is 3.68. The fourth-order valence-electron chi connectivity index (χ4n) is 2.61. The zero-order valence-electron chi connectivity index (χ0n) is 8.91. The normalized spacial score (nSPS) is 30.1. The highest BCUT2D eigenvalue weighted by atomic mass is 16.4. The number of carbonyl (C=O) groups is 1. The molecular weight excluding hydrogens is 194 g/mol. The molecule has 5 heteroatoms. The topological polar surface area (TPSA) is 78.6 Å². The van der Waals surface area contributed by atoms with E-state index in [0.717, 1.165) is 32.6 Å². The van der Waals surface area contributed by atoms with E-state index in [1.54, 1.807) is 0 Å². The van der Waals surface area contributed by atoms with Crippen molar-refractivity contribution in [3.63, 3.8) is 0 Å². The molecule has 2 heterocycles. The average molecular weight is 213 g/mol. The predicted molar refractivity (Wildman–Crippen MR) is 56.6 cm³/mol. The highest BCUT2D eigenvalue weighted by molar-refractivity contribution is 5.68. The molecule has 0 bridgehead atoms. The molecule has 0 aliphatic carbocycles. The van der Waals surface area contributed by atoms with Gasteiger partial charge < -0.3 is 16.2 Å². The van der Waals surface area contributed by atoms with Gasteiger partial charge in [0.15, 0.2) is 0 Å². The number of nitrogens with two attached hydrogens (primary N) is 1. The van der Waals surface area contributed by atoms with Gasteiger partial charge in [0, 0.05) is 19.6 Å². The first kappa shape index (κ1) is 10.9. The Labute approximate surface area is 89.6 Å². The molecular formula is C10H19N3O2. The molecule has 1 atom stereocenters. The monoisotopic (exact) mass is 213 g/mol. The maximum Gasteiger partial charge on any atom is 0.305 e. The molecule has 5 nitrogen and oxygen atoms in total. The summed E-state index contributed by atoms with van der Waals surface area (Å²) in [6, 6.07) is 0. The van der Waals surface area contributed by atoms with Crippen LogP contribution in [0.2, 0.25) is 0 Å². The van der Waals surface area contributed by atoms with Crippen molar-refractivity contribution in [3.05, 3.63) is 0 Å². The van der Waals surface area contributed by atoms with Gasteiger partial charge in [0.05, 0.1) is 12.0 Å². The Hall–Kier alpha value is -0.650. The van der Waals surface area contributed by atoms with Gasteiger partial charge in [-0.25, -0.2) is 0 Å². The Morgan fingerprint density at radius 2 is 2.33 bits per heavy atom. The second-order valence-corrected chi connectivity index (χ2v) is 4.73. The maximum absolute atomic E-state index is 10.8. The molecule has 4 N–H and O–H groups in total. The Morgan fingerprint density at radius 3 is 2.73 bits per heavy atom. The third-order valence-electron chi connectivity index (χ3n) is 3.68. The molecule has 1 unspecified atom stereocenters. The third kappa shape index (κ3) is 2.00. The van der Waals surface area contributed by atoms with E-state index in [2.05, 4.69) is 10.2 Å². The van der Waals surface area contributed by atoms with Gasteiger partial charge >= 0.3 is 5.97 Å². The highest BCUT2D eigenvalue weighted by Gasteiger charge is 2.46. The van der Waals surface area contributed by atoms with E-state index in [1.165, 1.54) is 0 Å². The van der Waals surface area contributed by atoms with E-state index in [1.807, 2.05) is 0 Å². The Balaban J connectivity index is 1.98. The first-order chi connectivity index (χ1) is 7.16. The number of hydrogen-bond acceptors (Lipinski definition) is 4. The van der Waals surface area contributed by atoms with Crippen LogP contribution in [0.25, 0.3) is 0 Å². The van der Waals surface area contributed by atoms with Crippen molar-refractivity contribution >= 4 is 5.97 Å². The highest BCUT2D eigenvalue weighted by Crippen LogP contribution is 2.30. The number of nitrogens with one attached hydrogen (secondary N) is 1. The smallest absolute Gasteiger partial charge is 0.305 e. The van der Waals surface area contributed by atoms with Gasteiger partial charge in [0.2, 0.25) is 0 Å². The number of carboxylic acids is 1. The zero-order chi connectivity index (χ0) is 10.9. The van der Waals surface area contributed by atoms with Crippen LogP contribution in [0.3, 0.4) is 0 Å². The van der Waals surface area contributed by atoms with Crippen LogP contribution < -0.4 is 11.1 Å². The Bertz CT molecular complexity index is 253. The molecule has 2 rings (SSSR count). The summed E-state index contributed by atoms with van der Waals surface area (Å²) in [5.74, 6) is -0.149. The summed E-state index contributed by atoms with van der Waals surface area (Å²) in [5, 5.41) is 12.1. The SMILES string of the molecule is NCC1CCN(C2(CC(=O)O)CNC2)C1. The van der Waals surface area contributed by atoms with Crippen LogP contribution in [0.15, 0.2) is 0 Å². The number of hydrogen-bond donors (Lipinski definition) is 3. The van der Waals surface area contributed by atoms with Gasteiger partial charge in [-0.05, 0) is 25.4 Å². The lowest BCUT2D eigenvalue weighted by Crippen LogP contribution is -2.69. The van der Waals surface area contributed by atoms with Crippen molar-refractivity contribution in [2.24, 2.45) is 11.7 Å². The van der Waals surface area contributed by atoms with Crippen LogP contribution in [0.4, 0.5) is 0 Å². The summed E-state index contributed by atoms with van der Waals surface area (Å²) in [5.41, 5.74) is 5.51. The molecule has 2 saturated heterocycles. The molecule has 0 aromatic heterocycles. The molecule has 2 aliphatic rings. The van der Waals surface area contributed by atoms with E-state index in [0.29, 0.717) is 12.5 Å². The van der Waals surface area contributed by atoms with Crippen LogP contribution in [-0.4, -0.2) is 54.2 Å². The molecule has 86 valence electrons. The van der Waals surface area contributed by atoms with Gasteiger partial charge in [-0.2, -0.15) is 0 Å². The second-order valence-electron chi connectivity index (χ2n) is 4.73. The summed E-state index contributed by atoms with van der Waals surface area (Å²) in [4.78, 5) is 13.2. The van der Waals surface area contributed by atoms with Crippen molar-refractivity contribution in [1.29, 1.82) is 0 Å². The Morgan fingerprint density at radius 1 is 1.60 bits per heavy atom. The standard InChI is InChI=1S/C10H19N3O2/c11-4-8-1-2-13(5-8)10(3-9(14)15)6-12-7-10/h8,12H,1-7,11H2,(H,14,15). The first-order valence-corrected chi connectivity index (χ1v) is 5.54. The van der Waals surface area contributed by atoms with E-state index in [4.69, 9.17) is 10.8 Å². The van der Waals surface area contributed by atoms with Crippen molar-refractivity contribution < 1.29 is 9.90 Å². The largest absolute Gasteiger partial charge is 0.481 e. The number of aliphatic carboxylic acids is 1. The minimum absolute atomic E-state index is 0.129. The molecule has 0 spiro atoms. The van der Waals surface area contributed by atoms with Gasteiger partial charge in [0.1, 0.15) is 0 Å². The van der Waals surface area contributed by atoms with Crippen molar-refractivity contribution in [2.75, 3.05) is 32.7 Å². The fraction of sp³-hybridized carbons (Fsp3) is 0.900. The van der Waals surface area contributed by atoms with Crippen molar-refractivity contribution in [3.8, 4) is 0 Å². The quantitative estimate of drug-likeness (QED) is 0.563. The molecule has 2 fully saturated rings. The predicted octanol–water partition coefficient (Wildman–Crippen LogP) is -0.916. The molecule has 2 aliphatic heterocycles. The van der Waals surface area contributed by atoms with E-state index in [-0.39, 0.29) is 12.0 Å². The van der Waals surface area contributed by atoms with Crippen molar-refractivity contribution in [1.82, 2.24) is 10.2 Å². The zero-order valence-corrected chi connectivity index (χ0v) is 8.91. The minimum atomic E-state index is -0.701. The van der Waals surface area contributed by atoms with Gasteiger partial charge in [-0.15, -0.1) is 0 Å². The van der Waals surface area contributed by atoms with E-state index >= 15 is 0 Å². The molecule has 0 saturated carbocycles. The first-order valence-electron chi connectivity index (χ1n) is 5.54. The van der Waals surface area contributed by atoms with E-state index < -0.39 is 5.97 Å². The molecule has 0 radical (unpaired) electrons. The number of likely N-dealkylation sites (tertiary alicyclic amines) is 1. The average Bonchev–Trinajstić information content (AvgIpc) is 2.59. The van der Waals surface area contributed by atoms with Crippen molar-refractivity contribution in [2.45, 2.75) is 18.4 Å². The summed E-state index contributed by atoms with van der Waals surface area (Å²) in [6.07, 6.45) is 1.36. The molecule has 0 aromatic rings. The summed E-state index contributed by atoms with van der Waals surface area (Å²) in [7, 11) is 0. The number of rotatable bonds is 4. The Kier molecular flexibility index (Phi) is 2.95. The van der Waals surface area contributed by atoms with Crippen LogP contribution in [0, 0.1) is 5.92 Å². The lowest BCUT2D eigenvalue weighted by Gasteiger charge is -2.48. The van der Waals surface area contributed by atoms with Crippen LogP contribution >= 0.6 is 0 Å². The summed E-state index contributed by atoms with van der Waals surface area (Å²) in [6.45, 7) is 4.28. The fourth-order valence-corrected chi connectivity index (χ4v) is 2.61.